The van der Waals surface area contributed by atoms with E-state index in [2.05, 4.69) is 19.1 Å². The standard InChI is InChI=1S/C20H32O2/c1-3-4-5-6-7-8-9-10-11-12-13-14-15-19(21)20-17-16-18(2)22-20/h10-11,16-17H,3-9,12-15H2,1-2H3/b11-10+. The molecule has 0 aliphatic rings. The van der Waals surface area contributed by atoms with Gasteiger partial charge in [0.1, 0.15) is 5.76 Å². The first-order valence-corrected chi connectivity index (χ1v) is 8.98. The fourth-order valence-electron chi connectivity index (χ4n) is 2.53. The Morgan fingerprint density at radius 1 is 0.955 bits per heavy atom. The zero-order valence-electron chi connectivity index (χ0n) is 14.4. The number of unbranched alkanes of at least 4 members (excludes halogenated alkanes) is 8. The van der Waals surface area contributed by atoms with E-state index in [-0.39, 0.29) is 5.78 Å². The van der Waals surface area contributed by atoms with E-state index >= 15 is 0 Å². The molecule has 0 atom stereocenters. The molecule has 0 amide bonds. The van der Waals surface area contributed by atoms with Crippen LogP contribution in [0.2, 0.25) is 0 Å². The number of furan rings is 1. The molecular weight excluding hydrogens is 272 g/mol. The number of ketones is 1. The van der Waals surface area contributed by atoms with E-state index in [1.807, 2.05) is 13.0 Å². The van der Waals surface area contributed by atoms with Crippen LogP contribution in [0.1, 0.15) is 93.9 Å². The molecule has 1 aromatic rings. The zero-order chi connectivity index (χ0) is 16.0. The molecule has 0 unspecified atom stereocenters. The van der Waals surface area contributed by atoms with Crippen LogP contribution >= 0.6 is 0 Å². The topological polar surface area (TPSA) is 30.2 Å². The average Bonchev–Trinajstić information content (AvgIpc) is 2.95. The zero-order valence-corrected chi connectivity index (χ0v) is 14.4. The Morgan fingerprint density at radius 3 is 2.23 bits per heavy atom. The third-order valence-corrected chi connectivity index (χ3v) is 3.93. The third kappa shape index (κ3) is 8.86. The first-order valence-electron chi connectivity index (χ1n) is 8.98. The Balaban J connectivity index is 1.92. The largest absolute Gasteiger partial charge is 0.458 e. The van der Waals surface area contributed by atoms with Gasteiger partial charge in [0.2, 0.25) is 0 Å². The summed E-state index contributed by atoms with van der Waals surface area (Å²) < 4.78 is 5.34. The van der Waals surface area contributed by atoms with Gasteiger partial charge in [0.05, 0.1) is 0 Å². The first kappa shape index (κ1) is 18.7. The summed E-state index contributed by atoms with van der Waals surface area (Å²) in [5.74, 6) is 1.45. The van der Waals surface area contributed by atoms with Gasteiger partial charge < -0.3 is 4.42 Å². The first-order chi connectivity index (χ1) is 10.7. The van der Waals surface area contributed by atoms with Crippen molar-refractivity contribution in [3.8, 4) is 0 Å². The molecule has 0 aliphatic heterocycles. The minimum Gasteiger partial charge on any atom is -0.458 e. The molecule has 0 radical (unpaired) electrons. The third-order valence-electron chi connectivity index (χ3n) is 3.93. The number of rotatable bonds is 13. The Bertz CT molecular complexity index is 429. The highest BCUT2D eigenvalue weighted by Gasteiger charge is 2.08. The van der Waals surface area contributed by atoms with Crippen molar-refractivity contribution in [1.29, 1.82) is 0 Å². The molecule has 22 heavy (non-hydrogen) atoms. The number of hydrogen-bond acceptors (Lipinski definition) is 2. The fraction of sp³-hybridized carbons (Fsp3) is 0.650. The van der Waals surface area contributed by atoms with Crippen LogP contribution in [0.3, 0.4) is 0 Å². The summed E-state index contributed by atoms with van der Waals surface area (Å²) in [7, 11) is 0. The Hall–Kier alpha value is -1.31. The molecule has 0 saturated heterocycles. The maximum Gasteiger partial charge on any atom is 0.197 e. The van der Waals surface area contributed by atoms with E-state index in [9.17, 15) is 4.79 Å². The molecular formula is C20H32O2. The van der Waals surface area contributed by atoms with Crippen LogP contribution in [0.25, 0.3) is 0 Å². The van der Waals surface area contributed by atoms with Crippen molar-refractivity contribution in [2.24, 2.45) is 0 Å². The van der Waals surface area contributed by atoms with E-state index in [1.165, 1.54) is 44.9 Å². The molecule has 2 nitrogen and oxygen atoms in total. The van der Waals surface area contributed by atoms with Crippen molar-refractivity contribution >= 4 is 5.78 Å². The molecule has 124 valence electrons. The highest BCUT2D eigenvalue weighted by Crippen LogP contribution is 2.12. The van der Waals surface area contributed by atoms with E-state index in [0.29, 0.717) is 12.2 Å². The minimum atomic E-state index is 0.129. The second-order valence-corrected chi connectivity index (χ2v) is 6.11. The van der Waals surface area contributed by atoms with Crippen molar-refractivity contribution in [2.75, 3.05) is 0 Å². The van der Waals surface area contributed by atoms with Gasteiger partial charge in [-0.2, -0.15) is 0 Å². The van der Waals surface area contributed by atoms with Crippen molar-refractivity contribution in [3.63, 3.8) is 0 Å². The van der Waals surface area contributed by atoms with Gasteiger partial charge in [-0.15, -0.1) is 0 Å². The number of Topliss-reactive ketones (excluding diaryl/α,β-unsaturated/α-hetero) is 1. The second-order valence-electron chi connectivity index (χ2n) is 6.11. The number of aryl methyl sites for hydroxylation is 1. The van der Waals surface area contributed by atoms with Crippen molar-refractivity contribution in [3.05, 3.63) is 35.8 Å². The molecule has 0 saturated carbocycles. The molecule has 0 fully saturated rings. The van der Waals surface area contributed by atoms with E-state index in [0.717, 1.165) is 25.0 Å². The summed E-state index contributed by atoms with van der Waals surface area (Å²) in [5, 5.41) is 0. The van der Waals surface area contributed by atoms with Gasteiger partial charge in [-0.05, 0) is 51.2 Å². The SMILES string of the molecule is CCCCCCCC/C=C/CCCCC(=O)c1ccc(C)o1. The summed E-state index contributed by atoms with van der Waals surface area (Å²) in [6, 6.07) is 3.62. The van der Waals surface area contributed by atoms with Gasteiger partial charge in [-0.25, -0.2) is 0 Å². The van der Waals surface area contributed by atoms with Crippen LogP contribution in [0.15, 0.2) is 28.7 Å². The molecule has 1 heterocycles. The van der Waals surface area contributed by atoms with Crippen LogP contribution in [0.4, 0.5) is 0 Å². The van der Waals surface area contributed by atoms with E-state index < -0.39 is 0 Å². The maximum atomic E-state index is 11.8. The monoisotopic (exact) mass is 304 g/mol. The van der Waals surface area contributed by atoms with Crippen molar-refractivity contribution in [2.45, 2.75) is 84.5 Å². The van der Waals surface area contributed by atoms with Crippen LogP contribution in [0, 0.1) is 6.92 Å². The molecule has 0 spiro atoms. The Labute approximate surface area is 136 Å². The number of hydrogen-bond donors (Lipinski definition) is 0. The lowest BCUT2D eigenvalue weighted by Crippen LogP contribution is -1.96. The van der Waals surface area contributed by atoms with Gasteiger partial charge in [0, 0.05) is 6.42 Å². The molecule has 0 aromatic carbocycles. The van der Waals surface area contributed by atoms with E-state index in [1.54, 1.807) is 6.07 Å². The van der Waals surface area contributed by atoms with Gasteiger partial charge in [-0.3, -0.25) is 4.79 Å². The molecule has 1 aromatic heterocycles. The van der Waals surface area contributed by atoms with Crippen molar-refractivity contribution in [1.82, 2.24) is 0 Å². The summed E-state index contributed by atoms with van der Waals surface area (Å²) in [4.78, 5) is 11.8. The van der Waals surface area contributed by atoms with Crippen LogP contribution in [-0.4, -0.2) is 5.78 Å². The minimum absolute atomic E-state index is 0.129. The van der Waals surface area contributed by atoms with Crippen molar-refractivity contribution < 1.29 is 9.21 Å². The van der Waals surface area contributed by atoms with Gasteiger partial charge in [0.15, 0.2) is 11.5 Å². The lowest BCUT2D eigenvalue weighted by atomic mass is 10.1. The summed E-state index contributed by atoms with van der Waals surface area (Å²) in [6.45, 7) is 4.12. The fourth-order valence-corrected chi connectivity index (χ4v) is 2.53. The molecule has 0 bridgehead atoms. The predicted octanol–water partition coefficient (Wildman–Crippen LogP) is 6.64. The normalized spacial score (nSPS) is 11.4. The Kier molecular flexibility index (Phi) is 10.4. The summed E-state index contributed by atoms with van der Waals surface area (Å²) >= 11 is 0. The van der Waals surface area contributed by atoms with Crippen LogP contribution < -0.4 is 0 Å². The number of allylic oxidation sites excluding steroid dienone is 2. The molecule has 2 heteroatoms. The average molecular weight is 304 g/mol. The quantitative estimate of drug-likeness (QED) is 0.232. The molecule has 0 N–H and O–H groups in total. The highest BCUT2D eigenvalue weighted by atomic mass is 16.3. The second kappa shape index (κ2) is 12.3. The summed E-state index contributed by atoms with van der Waals surface area (Å²) in [5.41, 5.74) is 0. The molecule has 1 rings (SSSR count). The maximum absolute atomic E-state index is 11.8. The lowest BCUT2D eigenvalue weighted by Gasteiger charge is -1.98. The summed E-state index contributed by atoms with van der Waals surface area (Å²) in [6.07, 6.45) is 17.6. The highest BCUT2D eigenvalue weighted by molar-refractivity contribution is 5.93. The van der Waals surface area contributed by atoms with Crippen LogP contribution in [-0.2, 0) is 0 Å². The van der Waals surface area contributed by atoms with Gasteiger partial charge >= 0.3 is 0 Å². The molecule has 0 aliphatic carbocycles. The van der Waals surface area contributed by atoms with E-state index in [4.69, 9.17) is 4.42 Å². The van der Waals surface area contributed by atoms with Crippen LogP contribution in [0.5, 0.6) is 0 Å². The Morgan fingerprint density at radius 2 is 1.59 bits per heavy atom. The van der Waals surface area contributed by atoms with Gasteiger partial charge in [-0.1, -0.05) is 51.2 Å². The van der Waals surface area contributed by atoms with Gasteiger partial charge in [0.25, 0.3) is 0 Å². The lowest BCUT2D eigenvalue weighted by molar-refractivity contribution is 0.0951. The number of carbonyl (C=O) groups excluding carboxylic acids is 1. The predicted molar refractivity (Wildman–Crippen MR) is 93.4 cm³/mol. The smallest absolute Gasteiger partial charge is 0.197 e. The number of carbonyl (C=O) groups is 1.